The maximum absolute atomic E-state index is 13.0. The number of hydrogen-bond acceptors (Lipinski definition) is 4. The number of hydrogen-bond donors (Lipinski definition) is 1. The topological polar surface area (TPSA) is 65.1 Å². The minimum Gasteiger partial charge on any atom is -0.496 e. The number of nitrogens with zero attached hydrogens (tertiary/aromatic N) is 3. The molecule has 0 spiro atoms. The van der Waals surface area contributed by atoms with Crippen molar-refractivity contribution in [3.8, 4) is 5.75 Å². The van der Waals surface area contributed by atoms with Crippen LogP contribution >= 0.6 is 0 Å². The van der Waals surface area contributed by atoms with Gasteiger partial charge in [0.1, 0.15) is 5.75 Å². The highest BCUT2D eigenvalue weighted by molar-refractivity contribution is 5.97. The van der Waals surface area contributed by atoms with E-state index in [4.69, 9.17) is 4.74 Å². The number of methoxy groups -OCH3 is 1. The van der Waals surface area contributed by atoms with Crippen LogP contribution in [0.4, 0.5) is 4.79 Å². The monoisotopic (exact) mass is 440 g/mol. The van der Waals surface area contributed by atoms with Gasteiger partial charge >= 0.3 is 6.03 Å². The van der Waals surface area contributed by atoms with E-state index in [1.807, 2.05) is 29.2 Å². The van der Waals surface area contributed by atoms with Gasteiger partial charge in [0.15, 0.2) is 0 Å². The minimum atomic E-state index is 0.0710. The first-order chi connectivity index (χ1) is 15.7. The number of carbonyl (C=O) groups excluding carboxylic acids is 2. The van der Waals surface area contributed by atoms with Crippen LogP contribution in [-0.4, -0.2) is 84.1 Å². The van der Waals surface area contributed by atoms with Gasteiger partial charge in [0, 0.05) is 38.3 Å². The average Bonchev–Trinajstić information content (AvgIpc) is 3.19. The second-order valence-electron chi connectivity index (χ2n) is 9.81. The van der Waals surface area contributed by atoms with Gasteiger partial charge in [-0.15, -0.1) is 0 Å². The van der Waals surface area contributed by atoms with E-state index in [1.54, 1.807) is 7.11 Å². The van der Waals surface area contributed by atoms with Crippen LogP contribution in [0, 0.1) is 0 Å². The Morgan fingerprint density at radius 2 is 1.62 bits per heavy atom. The standard InChI is InChI=1S/C25H36N4O3/c1-32-23-9-5-2-6-20(23)24(30)28-16-10-18(11-17-28)27-14-12-19(13-15-27)29-22-8-4-3-7-21(22)26-25(29)31/h2,5-6,9,18-19,21-22H,3-4,7-8,10-17H2,1H3,(H,26,31)/t21-,22-/m0/s1. The zero-order valence-electron chi connectivity index (χ0n) is 19.2. The lowest BCUT2D eigenvalue weighted by Gasteiger charge is -2.44. The maximum Gasteiger partial charge on any atom is 0.318 e. The van der Waals surface area contributed by atoms with Gasteiger partial charge in [0.05, 0.1) is 24.8 Å². The summed E-state index contributed by atoms with van der Waals surface area (Å²) < 4.78 is 5.38. The van der Waals surface area contributed by atoms with Gasteiger partial charge in [-0.3, -0.25) is 4.79 Å². The quantitative estimate of drug-likeness (QED) is 0.781. The van der Waals surface area contributed by atoms with E-state index < -0.39 is 0 Å². The number of ether oxygens (including phenoxy) is 1. The molecule has 5 rings (SSSR count). The second kappa shape index (κ2) is 9.30. The third-order valence-electron chi connectivity index (χ3n) is 8.13. The minimum absolute atomic E-state index is 0.0710. The molecule has 4 aliphatic rings. The molecule has 3 heterocycles. The van der Waals surface area contributed by atoms with Gasteiger partial charge in [-0.05, 0) is 50.7 Å². The molecule has 1 N–H and O–H groups in total. The molecule has 7 heteroatoms. The summed E-state index contributed by atoms with van der Waals surface area (Å²) in [5, 5.41) is 3.24. The molecule has 3 amide bonds. The van der Waals surface area contributed by atoms with Crippen LogP contribution in [0.25, 0.3) is 0 Å². The van der Waals surface area contributed by atoms with E-state index in [9.17, 15) is 9.59 Å². The highest BCUT2D eigenvalue weighted by atomic mass is 16.5. The summed E-state index contributed by atoms with van der Waals surface area (Å²) in [7, 11) is 1.61. The summed E-state index contributed by atoms with van der Waals surface area (Å²) in [5.74, 6) is 0.717. The number of para-hydroxylation sites is 1. The van der Waals surface area contributed by atoms with Crippen LogP contribution in [0.1, 0.15) is 61.7 Å². The van der Waals surface area contributed by atoms with Crippen molar-refractivity contribution in [2.75, 3.05) is 33.3 Å². The number of likely N-dealkylation sites (tertiary alicyclic amines) is 2. The fraction of sp³-hybridized carbons (Fsp3) is 0.680. The van der Waals surface area contributed by atoms with Crippen LogP contribution in [0.5, 0.6) is 5.75 Å². The molecule has 174 valence electrons. The van der Waals surface area contributed by atoms with E-state index in [1.165, 1.54) is 12.8 Å². The van der Waals surface area contributed by atoms with Crippen LogP contribution in [0.15, 0.2) is 24.3 Å². The zero-order valence-corrected chi connectivity index (χ0v) is 19.2. The van der Waals surface area contributed by atoms with Crippen molar-refractivity contribution in [2.24, 2.45) is 0 Å². The lowest BCUT2D eigenvalue weighted by molar-refractivity contribution is 0.0470. The van der Waals surface area contributed by atoms with E-state index in [0.717, 1.165) is 64.7 Å². The lowest BCUT2D eigenvalue weighted by Crippen LogP contribution is -2.53. The molecule has 32 heavy (non-hydrogen) atoms. The number of benzene rings is 1. The highest BCUT2D eigenvalue weighted by Gasteiger charge is 2.44. The molecule has 1 aromatic carbocycles. The maximum atomic E-state index is 13.0. The van der Waals surface area contributed by atoms with Crippen molar-refractivity contribution < 1.29 is 14.3 Å². The summed E-state index contributed by atoms with van der Waals surface area (Å²) in [4.78, 5) is 32.4. The predicted molar refractivity (Wildman–Crippen MR) is 123 cm³/mol. The number of rotatable bonds is 4. The predicted octanol–water partition coefficient (Wildman–Crippen LogP) is 3.10. The van der Waals surface area contributed by atoms with Gasteiger partial charge < -0.3 is 24.8 Å². The van der Waals surface area contributed by atoms with Crippen LogP contribution in [0.3, 0.4) is 0 Å². The Labute approximate surface area is 191 Å². The Bertz CT molecular complexity index is 830. The number of amides is 3. The largest absolute Gasteiger partial charge is 0.496 e. The van der Waals surface area contributed by atoms with E-state index >= 15 is 0 Å². The molecule has 3 saturated heterocycles. The third-order valence-corrected chi connectivity index (χ3v) is 8.13. The molecular formula is C25H36N4O3. The first-order valence-corrected chi connectivity index (χ1v) is 12.4. The molecule has 4 fully saturated rings. The molecule has 7 nitrogen and oxygen atoms in total. The number of urea groups is 1. The molecule has 0 radical (unpaired) electrons. The summed E-state index contributed by atoms with van der Waals surface area (Å²) >= 11 is 0. The number of fused-ring (bicyclic) bond motifs is 1. The summed E-state index contributed by atoms with van der Waals surface area (Å²) in [6.45, 7) is 3.69. The van der Waals surface area contributed by atoms with Gasteiger partial charge in [-0.2, -0.15) is 0 Å². The Kier molecular flexibility index (Phi) is 6.26. The molecule has 1 saturated carbocycles. The summed E-state index contributed by atoms with van der Waals surface area (Å²) in [6, 6.07) is 9.36. The van der Waals surface area contributed by atoms with Crippen molar-refractivity contribution in [1.82, 2.24) is 20.0 Å². The molecule has 2 atom stereocenters. The van der Waals surface area contributed by atoms with Crippen molar-refractivity contribution >= 4 is 11.9 Å². The third kappa shape index (κ3) is 4.07. The van der Waals surface area contributed by atoms with Crippen molar-refractivity contribution in [3.05, 3.63) is 29.8 Å². The molecule has 0 aromatic heterocycles. The molecular weight excluding hydrogens is 404 g/mol. The van der Waals surface area contributed by atoms with E-state index in [-0.39, 0.29) is 11.9 Å². The SMILES string of the molecule is COc1ccccc1C(=O)N1CCC(N2CCC(N3C(=O)N[C@H]4CCCC[C@@H]43)CC2)CC1. The summed E-state index contributed by atoms with van der Waals surface area (Å²) in [5.41, 5.74) is 0.652. The average molecular weight is 441 g/mol. The molecule has 3 aliphatic heterocycles. The fourth-order valence-corrected chi connectivity index (χ4v) is 6.39. The van der Waals surface area contributed by atoms with Crippen molar-refractivity contribution in [1.29, 1.82) is 0 Å². The summed E-state index contributed by atoms with van der Waals surface area (Å²) in [6.07, 6.45) is 8.94. The van der Waals surface area contributed by atoms with Crippen LogP contribution < -0.4 is 10.1 Å². The molecule has 0 bridgehead atoms. The first kappa shape index (κ1) is 21.6. The number of carbonyl (C=O) groups is 2. The number of piperidine rings is 2. The smallest absolute Gasteiger partial charge is 0.318 e. The van der Waals surface area contributed by atoms with Gasteiger partial charge in [-0.25, -0.2) is 4.79 Å². The molecule has 0 unspecified atom stereocenters. The van der Waals surface area contributed by atoms with E-state index in [0.29, 0.717) is 35.5 Å². The van der Waals surface area contributed by atoms with Gasteiger partial charge in [-0.1, -0.05) is 25.0 Å². The fourth-order valence-electron chi connectivity index (χ4n) is 6.39. The zero-order chi connectivity index (χ0) is 22.1. The Balaban J connectivity index is 1.13. The van der Waals surface area contributed by atoms with Gasteiger partial charge in [0.2, 0.25) is 0 Å². The van der Waals surface area contributed by atoms with Crippen LogP contribution in [0.2, 0.25) is 0 Å². The first-order valence-electron chi connectivity index (χ1n) is 12.4. The van der Waals surface area contributed by atoms with Crippen molar-refractivity contribution in [2.45, 2.75) is 75.5 Å². The Morgan fingerprint density at radius 3 is 2.38 bits per heavy atom. The Hall–Kier alpha value is -2.28. The van der Waals surface area contributed by atoms with Crippen molar-refractivity contribution in [3.63, 3.8) is 0 Å². The van der Waals surface area contributed by atoms with Crippen LogP contribution in [-0.2, 0) is 0 Å². The Morgan fingerprint density at radius 1 is 0.938 bits per heavy atom. The van der Waals surface area contributed by atoms with E-state index in [2.05, 4.69) is 15.1 Å². The van der Waals surface area contributed by atoms with Gasteiger partial charge in [0.25, 0.3) is 5.91 Å². The number of nitrogens with one attached hydrogen (secondary N) is 1. The molecule has 1 aliphatic carbocycles. The molecule has 1 aromatic rings. The highest BCUT2D eigenvalue weighted by Crippen LogP contribution is 2.33. The second-order valence-corrected chi connectivity index (χ2v) is 9.81. The lowest BCUT2D eigenvalue weighted by atomic mass is 9.89. The normalized spacial score (nSPS) is 27.8.